The second kappa shape index (κ2) is 26.8. The summed E-state index contributed by atoms with van der Waals surface area (Å²) < 4.78 is 68.9. The molecule has 0 aromatic heterocycles. The van der Waals surface area contributed by atoms with Crippen LogP contribution in [0.3, 0.4) is 0 Å². The van der Waals surface area contributed by atoms with Crippen LogP contribution in [0.1, 0.15) is 72.5 Å². The number of rotatable bonds is 19. The zero-order valence-electron chi connectivity index (χ0n) is 42.7. The number of ether oxygens (including phenoxy) is 11. The fourth-order valence-corrected chi connectivity index (χ4v) is 8.77. The maximum Gasteiger partial charge on any atom is 0.338 e. The fourth-order valence-electron chi connectivity index (χ4n) is 8.77. The van der Waals surface area contributed by atoms with Crippen molar-refractivity contribution in [2.75, 3.05) is 20.3 Å². The van der Waals surface area contributed by atoms with Crippen LogP contribution in [-0.2, 0) is 52.1 Å². The zero-order chi connectivity index (χ0) is 55.8. The number of esters is 7. The Bertz CT molecular complexity index is 3190. The van der Waals surface area contributed by atoms with Crippen LogP contribution in [0, 0.1) is 0 Å². The van der Waals surface area contributed by atoms with Crippen LogP contribution in [0.2, 0.25) is 0 Å². The van der Waals surface area contributed by atoms with E-state index >= 15 is 0 Å². The number of hydrogen-bond acceptors (Lipinski definition) is 18. The topological polar surface area (TPSA) is 221 Å². The highest BCUT2D eigenvalue weighted by molar-refractivity contribution is 5.93. The van der Waals surface area contributed by atoms with Crippen molar-refractivity contribution in [2.45, 2.75) is 61.4 Å². The van der Waals surface area contributed by atoms with Gasteiger partial charge in [0, 0.05) is 7.11 Å². The molecule has 2 aliphatic rings. The molecule has 0 spiro atoms. The van der Waals surface area contributed by atoms with Gasteiger partial charge in [0.05, 0.1) is 38.9 Å². The zero-order valence-corrected chi connectivity index (χ0v) is 42.7. The van der Waals surface area contributed by atoms with Gasteiger partial charge in [-0.1, -0.05) is 127 Å². The second-order valence-corrected chi connectivity index (χ2v) is 18.0. The third-order valence-electron chi connectivity index (χ3n) is 12.7. The van der Waals surface area contributed by atoms with Crippen LogP contribution in [0.15, 0.2) is 212 Å². The van der Waals surface area contributed by atoms with Crippen molar-refractivity contribution in [2.24, 2.45) is 0 Å². The molecule has 18 heteroatoms. The minimum Gasteiger partial charge on any atom is -0.459 e. The van der Waals surface area contributed by atoms with Gasteiger partial charge in [0.15, 0.2) is 43.1 Å². The Balaban J connectivity index is 1.19. The lowest BCUT2D eigenvalue weighted by molar-refractivity contribution is -0.354. The Kier molecular flexibility index (Phi) is 18.6. The highest BCUT2D eigenvalue weighted by Crippen LogP contribution is 2.37. The Morgan fingerprint density at radius 1 is 0.300 bits per heavy atom. The summed E-state index contributed by atoms with van der Waals surface area (Å²) >= 11 is 0. The van der Waals surface area contributed by atoms with Crippen LogP contribution < -0.4 is 0 Å². The van der Waals surface area contributed by atoms with Crippen LogP contribution in [0.5, 0.6) is 0 Å². The first-order valence-corrected chi connectivity index (χ1v) is 25.3. The smallest absolute Gasteiger partial charge is 0.338 e. The quantitative estimate of drug-likeness (QED) is 0.0549. The molecule has 7 aromatic rings. The molecule has 2 heterocycles. The van der Waals surface area contributed by atoms with E-state index in [4.69, 9.17) is 52.1 Å². The van der Waals surface area contributed by atoms with E-state index in [1.54, 1.807) is 127 Å². The van der Waals surface area contributed by atoms with Gasteiger partial charge in [-0.05, 0) is 84.9 Å². The van der Waals surface area contributed by atoms with Gasteiger partial charge in [-0.15, -0.1) is 0 Å². The maximum atomic E-state index is 14.5. The molecule has 10 unspecified atom stereocenters. The van der Waals surface area contributed by atoms with Gasteiger partial charge >= 0.3 is 41.8 Å². The number of carbonyl (C=O) groups is 7. The summed E-state index contributed by atoms with van der Waals surface area (Å²) in [5, 5.41) is 0. The molecule has 7 aromatic carbocycles. The molecule has 0 amide bonds. The molecule has 9 rings (SSSR count). The van der Waals surface area contributed by atoms with E-state index in [1.165, 1.54) is 92.0 Å². The molecule has 0 N–H and O–H groups in total. The normalized spacial score (nSPS) is 22.3. The molecule has 80 heavy (non-hydrogen) atoms. The summed E-state index contributed by atoms with van der Waals surface area (Å²) in [6.45, 7) is -1.39. The van der Waals surface area contributed by atoms with Crippen molar-refractivity contribution >= 4 is 41.8 Å². The lowest BCUT2D eigenvalue weighted by Crippen LogP contribution is -2.67. The summed E-state index contributed by atoms with van der Waals surface area (Å²) in [7, 11) is 1.24. The van der Waals surface area contributed by atoms with Gasteiger partial charge in [0.1, 0.15) is 31.5 Å². The van der Waals surface area contributed by atoms with Gasteiger partial charge < -0.3 is 52.1 Å². The summed E-state index contributed by atoms with van der Waals surface area (Å²) in [6.07, 6.45) is -17.7. The fraction of sp³-hybridized carbons (Fsp3) is 0.210. The van der Waals surface area contributed by atoms with Crippen molar-refractivity contribution < 1.29 is 85.7 Å². The van der Waals surface area contributed by atoms with Crippen molar-refractivity contribution in [1.82, 2.24) is 0 Å². The van der Waals surface area contributed by atoms with E-state index in [0.717, 1.165) is 0 Å². The lowest BCUT2D eigenvalue weighted by Gasteiger charge is -2.48. The molecule has 408 valence electrons. The first-order valence-electron chi connectivity index (χ1n) is 25.3. The lowest BCUT2D eigenvalue weighted by atomic mass is 9.95. The summed E-state index contributed by atoms with van der Waals surface area (Å²) in [5.74, 6) is -6.45. The third-order valence-corrected chi connectivity index (χ3v) is 12.7. The monoisotopic (exact) mass is 1080 g/mol. The van der Waals surface area contributed by atoms with Crippen molar-refractivity contribution in [3.05, 3.63) is 251 Å². The van der Waals surface area contributed by atoms with Gasteiger partial charge in [-0.25, -0.2) is 33.6 Å². The molecule has 2 saturated heterocycles. The van der Waals surface area contributed by atoms with E-state index in [2.05, 4.69) is 0 Å². The molecular weight excluding hydrogens is 1030 g/mol. The van der Waals surface area contributed by atoms with E-state index in [0.29, 0.717) is 0 Å². The molecule has 2 aliphatic heterocycles. The van der Waals surface area contributed by atoms with Gasteiger partial charge in [0.2, 0.25) is 0 Å². The average molecular weight is 1090 g/mol. The van der Waals surface area contributed by atoms with E-state index in [9.17, 15) is 33.6 Å². The maximum absolute atomic E-state index is 14.5. The molecule has 0 aliphatic carbocycles. The third kappa shape index (κ3) is 13.9. The minimum absolute atomic E-state index is 0.00771. The highest BCUT2D eigenvalue weighted by Gasteiger charge is 2.58. The standard InChI is InChI=1S/C62H52O18/c1-70-61-52(78-59(68)44-33-19-7-20-34-44)51(77-58(67)43-31-17-6-18-32-43)49(47(73-61)38-72-55(64)40-25-11-3-12-26-40)80-62-53(79-60(69)45-35-21-8-22-36-45)50(76-57(66)42-29-15-5-16-30-42)48(75-56(65)41-27-13-4-14-28-41)46(74-62)37-71-54(63)39-23-9-2-10-24-39/h2-36,46-53,61-62H,37-38H2,1H3. The Morgan fingerprint density at radius 3 is 0.850 bits per heavy atom. The van der Waals surface area contributed by atoms with Crippen LogP contribution in [0.25, 0.3) is 0 Å². The Labute approximate surface area is 458 Å². The predicted octanol–water partition coefficient (Wildman–Crippen LogP) is 8.31. The van der Waals surface area contributed by atoms with Crippen molar-refractivity contribution in [3.8, 4) is 0 Å². The van der Waals surface area contributed by atoms with Gasteiger partial charge in [-0.3, -0.25) is 0 Å². The second-order valence-electron chi connectivity index (χ2n) is 18.0. The van der Waals surface area contributed by atoms with Crippen LogP contribution in [0.4, 0.5) is 0 Å². The largest absolute Gasteiger partial charge is 0.459 e. The van der Waals surface area contributed by atoms with E-state index in [1.807, 2.05) is 0 Å². The van der Waals surface area contributed by atoms with E-state index < -0.39 is 116 Å². The first kappa shape index (κ1) is 55.4. The molecular formula is C62H52O18. The Hall–Kier alpha value is -9.33. The minimum atomic E-state index is -2.04. The van der Waals surface area contributed by atoms with Crippen LogP contribution in [-0.4, -0.2) is 124 Å². The number of methoxy groups -OCH3 is 1. The van der Waals surface area contributed by atoms with Gasteiger partial charge in [0.25, 0.3) is 0 Å². The first-order chi connectivity index (χ1) is 39.0. The van der Waals surface area contributed by atoms with Crippen molar-refractivity contribution in [1.29, 1.82) is 0 Å². The predicted molar refractivity (Wildman–Crippen MR) is 281 cm³/mol. The molecule has 0 radical (unpaired) electrons. The summed E-state index contributed by atoms with van der Waals surface area (Å²) in [4.78, 5) is 99.2. The van der Waals surface area contributed by atoms with Crippen molar-refractivity contribution in [3.63, 3.8) is 0 Å². The molecule has 0 saturated carbocycles. The molecule has 2 fully saturated rings. The highest BCUT2D eigenvalue weighted by atomic mass is 16.8. The number of carbonyl (C=O) groups excluding carboxylic acids is 7. The molecule has 18 nitrogen and oxygen atoms in total. The number of hydrogen-bond donors (Lipinski definition) is 0. The number of benzene rings is 7. The van der Waals surface area contributed by atoms with Crippen LogP contribution >= 0.6 is 0 Å². The molecule has 0 bridgehead atoms. The summed E-state index contributed by atoms with van der Waals surface area (Å²) in [5.41, 5.74) is 0.502. The SMILES string of the molecule is COC1OC(COC(=O)c2ccccc2)C(OC2OC(COC(=O)c3ccccc3)C(OC(=O)c3ccccc3)C(OC(=O)c3ccccc3)C2OC(=O)c2ccccc2)C(OC(=O)c2ccccc2)C1OC(=O)c1ccccc1. The average Bonchev–Trinajstić information content (AvgIpc) is 3.71. The Morgan fingerprint density at radius 2 is 0.537 bits per heavy atom. The van der Waals surface area contributed by atoms with E-state index in [-0.39, 0.29) is 38.9 Å². The van der Waals surface area contributed by atoms with Gasteiger partial charge in [-0.2, -0.15) is 0 Å². The summed E-state index contributed by atoms with van der Waals surface area (Å²) in [6, 6.07) is 54.9. The molecule has 10 atom stereocenters.